The maximum absolute atomic E-state index is 11.9. The molecule has 0 atom stereocenters. The van der Waals surface area contributed by atoms with Crippen LogP contribution in [0, 0.1) is 0 Å². The highest BCUT2D eigenvalue weighted by atomic mass is 16.5. The molecule has 2 aliphatic rings. The molecular weight excluding hydrogens is 380 g/mol. The van der Waals surface area contributed by atoms with E-state index < -0.39 is 0 Å². The Kier molecular flexibility index (Phi) is 6.61. The number of nitrogens with one attached hydrogen (secondary N) is 1. The molecule has 2 aromatic rings. The third kappa shape index (κ3) is 4.98. The lowest BCUT2D eigenvalue weighted by Gasteiger charge is -2.30. The number of carbonyl (C=O) groups excluding carboxylic acids is 1. The summed E-state index contributed by atoms with van der Waals surface area (Å²) in [5, 5.41) is 3.29. The second-order valence-electron chi connectivity index (χ2n) is 7.78. The van der Waals surface area contributed by atoms with Crippen molar-refractivity contribution >= 4 is 29.5 Å². The standard InChI is InChI=1S/C22H30N6O2/c1-2-30-19(29)17-9-11-18(12-10-17)23-20-24-21(27-13-5-3-6-14-27)26-22(25-20)28-15-7-4-8-16-28/h9-12H,2-8,13-16H2,1H3,(H,23,24,25,26). The minimum Gasteiger partial charge on any atom is -0.462 e. The molecule has 0 amide bonds. The third-order valence-corrected chi connectivity index (χ3v) is 5.54. The van der Waals surface area contributed by atoms with Crippen molar-refractivity contribution in [2.45, 2.75) is 45.4 Å². The second kappa shape index (κ2) is 9.73. The molecule has 1 aromatic carbocycles. The minimum absolute atomic E-state index is 0.316. The lowest BCUT2D eigenvalue weighted by Crippen LogP contribution is -2.34. The van der Waals surface area contributed by atoms with Gasteiger partial charge >= 0.3 is 5.97 Å². The zero-order chi connectivity index (χ0) is 20.8. The van der Waals surface area contributed by atoms with Crippen LogP contribution in [0.1, 0.15) is 55.8 Å². The van der Waals surface area contributed by atoms with Crippen LogP contribution >= 0.6 is 0 Å². The number of rotatable bonds is 6. The maximum Gasteiger partial charge on any atom is 0.338 e. The Morgan fingerprint density at radius 3 is 1.90 bits per heavy atom. The fourth-order valence-electron chi connectivity index (χ4n) is 3.91. The van der Waals surface area contributed by atoms with E-state index in [1.807, 2.05) is 12.1 Å². The molecule has 2 saturated heterocycles. The van der Waals surface area contributed by atoms with Gasteiger partial charge in [-0.15, -0.1) is 0 Å². The molecule has 0 aliphatic carbocycles. The molecule has 0 saturated carbocycles. The molecule has 2 aliphatic heterocycles. The zero-order valence-electron chi connectivity index (χ0n) is 17.6. The maximum atomic E-state index is 11.9. The van der Waals surface area contributed by atoms with Gasteiger partial charge in [-0.2, -0.15) is 15.0 Å². The number of benzene rings is 1. The molecule has 8 nitrogen and oxygen atoms in total. The summed E-state index contributed by atoms with van der Waals surface area (Å²) in [6, 6.07) is 7.19. The van der Waals surface area contributed by atoms with Gasteiger partial charge in [0.15, 0.2) is 0 Å². The third-order valence-electron chi connectivity index (χ3n) is 5.54. The largest absolute Gasteiger partial charge is 0.462 e. The van der Waals surface area contributed by atoms with Gasteiger partial charge in [-0.1, -0.05) is 0 Å². The Morgan fingerprint density at radius 1 is 0.867 bits per heavy atom. The molecule has 0 bridgehead atoms. The van der Waals surface area contributed by atoms with E-state index in [1.165, 1.54) is 38.5 Å². The lowest BCUT2D eigenvalue weighted by atomic mass is 10.1. The van der Waals surface area contributed by atoms with Crippen molar-refractivity contribution in [2.24, 2.45) is 0 Å². The van der Waals surface area contributed by atoms with Crippen LogP contribution < -0.4 is 15.1 Å². The van der Waals surface area contributed by atoms with Crippen molar-refractivity contribution in [1.29, 1.82) is 0 Å². The normalized spacial score (nSPS) is 17.0. The number of hydrogen-bond acceptors (Lipinski definition) is 8. The van der Waals surface area contributed by atoms with Crippen molar-refractivity contribution in [1.82, 2.24) is 15.0 Å². The van der Waals surface area contributed by atoms with Gasteiger partial charge in [0, 0.05) is 31.9 Å². The highest BCUT2D eigenvalue weighted by Crippen LogP contribution is 2.24. The zero-order valence-corrected chi connectivity index (χ0v) is 17.6. The van der Waals surface area contributed by atoms with E-state index >= 15 is 0 Å². The van der Waals surface area contributed by atoms with E-state index in [9.17, 15) is 4.79 Å². The van der Waals surface area contributed by atoms with E-state index in [0.717, 1.165) is 43.8 Å². The van der Waals surface area contributed by atoms with Gasteiger partial charge in [0.05, 0.1) is 12.2 Å². The number of hydrogen-bond donors (Lipinski definition) is 1. The summed E-state index contributed by atoms with van der Waals surface area (Å²) in [4.78, 5) is 30.6. The van der Waals surface area contributed by atoms with Gasteiger partial charge in [0.1, 0.15) is 0 Å². The summed E-state index contributed by atoms with van der Waals surface area (Å²) in [6.45, 7) is 6.10. The summed E-state index contributed by atoms with van der Waals surface area (Å²) >= 11 is 0. The molecule has 1 aromatic heterocycles. The lowest BCUT2D eigenvalue weighted by molar-refractivity contribution is 0.0526. The van der Waals surface area contributed by atoms with Crippen LogP contribution in [0.5, 0.6) is 0 Å². The van der Waals surface area contributed by atoms with Gasteiger partial charge in [-0.3, -0.25) is 0 Å². The van der Waals surface area contributed by atoms with Crippen LogP contribution in [0.4, 0.5) is 23.5 Å². The number of nitrogens with zero attached hydrogens (tertiary/aromatic N) is 5. The second-order valence-corrected chi connectivity index (χ2v) is 7.78. The first-order valence-electron chi connectivity index (χ1n) is 11.0. The first kappa shape index (κ1) is 20.4. The molecule has 3 heterocycles. The Hall–Kier alpha value is -2.90. The topological polar surface area (TPSA) is 83.5 Å². The number of anilines is 4. The highest BCUT2D eigenvalue weighted by Gasteiger charge is 2.20. The average molecular weight is 411 g/mol. The summed E-state index contributed by atoms with van der Waals surface area (Å²) in [5.74, 6) is 1.71. The summed E-state index contributed by atoms with van der Waals surface area (Å²) in [6.07, 6.45) is 7.20. The van der Waals surface area contributed by atoms with Crippen molar-refractivity contribution in [3.05, 3.63) is 29.8 Å². The van der Waals surface area contributed by atoms with E-state index in [2.05, 4.69) is 15.1 Å². The van der Waals surface area contributed by atoms with Crippen LogP contribution in [-0.2, 0) is 4.74 Å². The van der Waals surface area contributed by atoms with Crippen molar-refractivity contribution in [3.8, 4) is 0 Å². The number of esters is 1. The minimum atomic E-state index is -0.316. The van der Waals surface area contributed by atoms with Crippen LogP contribution in [0.25, 0.3) is 0 Å². The first-order chi connectivity index (χ1) is 14.7. The van der Waals surface area contributed by atoms with Crippen LogP contribution in [0.3, 0.4) is 0 Å². The number of piperidine rings is 2. The molecule has 0 unspecified atom stereocenters. The smallest absolute Gasteiger partial charge is 0.338 e. The Balaban J connectivity index is 1.57. The summed E-state index contributed by atoms with van der Waals surface area (Å²) < 4.78 is 5.05. The fraction of sp³-hybridized carbons (Fsp3) is 0.545. The molecule has 2 fully saturated rings. The van der Waals surface area contributed by atoms with Crippen LogP contribution in [0.15, 0.2) is 24.3 Å². The monoisotopic (exact) mass is 410 g/mol. The van der Waals surface area contributed by atoms with Crippen molar-refractivity contribution in [2.75, 3.05) is 47.9 Å². The van der Waals surface area contributed by atoms with Gasteiger partial charge < -0.3 is 19.9 Å². The molecule has 30 heavy (non-hydrogen) atoms. The first-order valence-corrected chi connectivity index (χ1v) is 11.0. The average Bonchev–Trinajstić information content (AvgIpc) is 2.81. The molecule has 8 heteroatoms. The molecule has 4 rings (SSSR count). The number of ether oxygens (including phenoxy) is 1. The van der Waals surface area contributed by atoms with E-state index in [0.29, 0.717) is 18.1 Å². The summed E-state index contributed by atoms with van der Waals surface area (Å²) in [5.41, 5.74) is 1.35. The quantitative estimate of drug-likeness (QED) is 0.721. The van der Waals surface area contributed by atoms with Crippen molar-refractivity contribution in [3.63, 3.8) is 0 Å². The highest BCUT2D eigenvalue weighted by molar-refractivity contribution is 5.89. The van der Waals surface area contributed by atoms with E-state index in [-0.39, 0.29) is 5.97 Å². The van der Waals surface area contributed by atoms with Gasteiger partial charge in [-0.05, 0) is 69.7 Å². The predicted octanol–water partition coefficient (Wildman–Crippen LogP) is 3.77. The molecule has 0 radical (unpaired) electrons. The summed E-state index contributed by atoms with van der Waals surface area (Å²) in [7, 11) is 0. The van der Waals surface area contributed by atoms with Gasteiger partial charge in [0.2, 0.25) is 17.8 Å². The fourth-order valence-corrected chi connectivity index (χ4v) is 3.91. The molecule has 1 N–H and O–H groups in total. The Labute approximate surface area is 177 Å². The molecular formula is C22H30N6O2. The molecule has 160 valence electrons. The van der Waals surface area contributed by atoms with E-state index in [1.54, 1.807) is 19.1 Å². The number of aromatic nitrogens is 3. The van der Waals surface area contributed by atoms with E-state index in [4.69, 9.17) is 19.7 Å². The number of carbonyl (C=O) groups is 1. The predicted molar refractivity (Wildman–Crippen MR) is 118 cm³/mol. The van der Waals surface area contributed by atoms with Crippen LogP contribution in [-0.4, -0.2) is 53.7 Å². The van der Waals surface area contributed by atoms with Crippen LogP contribution in [0.2, 0.25) is 0 Å². The SMILES string of the molecule is CCOC(=O)c1ccc(Nc2nc(N3CCCCC3)nc(N3CCCCC3)n2)cc1. The van der Waals surface area contributed by atoms with Crippen molar-refractivity contribution < 1.29 is 9.53 Å². The molecule has 0 spiro atoms. The Bertz CT molecular complexity index is 809. The van der Waals surface area contributed by atoms with Gasteiger partial charge in [-0.25, -0.2) is 4.79 Å². The Morgan fingerprint density at radius 2 is 1.40 bits per heavy atom. The van der Waals surface area contributed by atoms with Gasteiger partial charge in [0.25, 0.3) is 0 Å².